The van der Waals surface area contributed by atoms with Crippen molar-refractivity contribution in [1.29, 1.82) is 0 Å². The molecule has 0 aliphatic carbocycles. The van der Waals surface area contributed by atoms with Crippen molar-refractivity contribution in [1.82, 2.24) is 10.2 Å². The lowest BCUT2D eigenvalue weighted by atomic mass is 9.95. The first-order valence-electron chi connectivity index (χ1n) is 11.7. The van der Waals surface area contributed by atoms with Gasteiger partial charge >= 0.3 is 0 Å². The van der Waals surface area contributed by atoms with Crippen LogP contribution in [0.1, 0.15) is 44.7 Å². The number of nitrogens with zero attached hydrogens (tertiary/aromatic N) is 1. The van der Waals surface area contributed by atoms with E-state index in [1.165, 1.54) is 24.3 Å². The van der Waals surface area contributed by atoms with Crippen LogP contribution >= 0.6 is 0 Å². The Kier molecular flexibility index (Phi) is 7.55. The number of benzene rings is 3. The highest BCUT2D eigenvalue weighted by Gasteiger charge is 2.28. The molecule has 3 aromatic rings. The number of halogens is 1. The quantitative estimate of drug-likeness (QED) is 0.551. The van der Waals surface area contributed by atoms with Crippen molar-refractivity contribution >= 4 is 23.4 Å². The van der Waals surface area contributed by atoms with Crippen molar-refractivity contribution in [3.63, 3.8) is 0 Å². The van der Waals surface area contributed by atoms with Crippen molar-refractivity contribution in [3.05, 3.63) is 101 Å². The van der Waals surface area contributed by atoms with Crippen molar-refractivity contribution in [2.45, 2.75) is 26.3 Å². The Morgan fingerprint density at radius 3 is 2.26 bits per heavy atom. The number of hydrogen-bond donors (Lipinski definition) is 2. The molecule has 0 atom stereocenters. The highest BCUT2D eigenvalue weighted by atomic mass is 19.1. The third-order valence-corrected chi connectivity index (χ3v) is 6.25. The lowest BCUT2D eigenvalue weighted by molar-refractivity contribution is -0.121. The van der Waals surface area contributed by atoms with Crippen LogP contribution in [0.4, 0.5) is 10.1 Å². The molecular weight excluding hydrogens is 445 g/mol. The Morgan fingerprint density at radius 2 is 1.57 bits per heavy atom. The Morgan fingerprint density at radius 1 is 0.914 bits per heavy atom. The first-order valence-corrected chi connectivity index (χ1v) is 11.7. The van der Waals surface area contributed by atoms with Gasteiger partial charge in [0.25, 0.3) is 11.8 Å². The topological polar surface area (TPSA) is 78.5 Å². The Hall–Kier alpha value is -4.00. The van der Waals surface area contributed by atoms with Gasteiger partial charge in [0.05, 0.1) is 11.3 Å². The predicted octanol–water partition coefficient (Wildman–Crippen LogP) is 4.56. The molecule has 0 saturated carbocycles. The fourth-order valence-electron chi connectivity index (χ4n) is 4.13. The van der Waals surface area contributed by atoms with Gasteiger partial charge in [-0.15, -0.1) is 0 Å². The number of likely N-dealkylation sites (tertiary alicyclic amines) is 1. The summed E-state index contributed by atoms with van der Waals surface area (Å²) in [5.41, 5.74) is 3.44. The monoisotopic (exact) mass is 473 g/mol. The second-order valence-electron chi connectivity index (χ2n) is 8.78. The van der Waals surface area contributed by atoms with Crippen molar-refractivity contribution < 1.29 is 18.8 Å². The minimum Gasteiger partial charge on any atom is -0.348 e. The number of carbonyl (C=O) groups is 3. The second kappa shape index (κ2) is 11.0. The summed E-state index contributed by atoms with van der Waals surface area (Å²) in [4.78, 5) is 40.1. The van der Waals surface area contributed by atoms with Gasteiger partial charge in [-0.3, -0.25) is 14.4 Å². The highest BCUT2D eigenvalue weighted by Crippen LogP contribution is 2.23. The van der Waals surface area contributed by atoms with Crippen molar-refractivity contribution in [2.75, 3.05) is 18.4 Å². The van der Waals surface area contributed by atoms with Crippen LogP contribution in [0, 0.1) is 18.7 Å². The lowest BCUT2D eigenvalue weighted by Crippen LogP contribution is -2.41. The van der Waals surface area contributed by atoms with Crippen LogP contribution in [0.5, 0.6) is 0 Å². The van der Waals surface area contributed by atoms with E-state index >= 15 is 0 Å². The molecule has 0 bridgehead atoms. The van der Waals surface area contributed by atoms with Crippen LogP contribution in [-0.4, -0.2) is 35.7 Å². The summed E-state index contributed by atoms with van der Waals surface area (Å²) in [6, 6.07) is 20.3. The van der Waals surface area contributed by atoms with Crippen molar-refractivity contribution in [2.24, 2.45) is 5.92 Å². The van der Waals surface area contributed by atoms with Crippen LogP contribution in [-0.2, 0) is 11.3 Å². The number of aryl methyl sites for hydroxylation is 1. The number of piperidine rings is 1. The minimum absolute atomic E-state index is 0.167. The van der Waals surface area contributed by atoms with E-state index in [1.54, 1.807) is 29.2 Å². The molecule has 1 heterocycles. The van der Waals surface area contributed by atoms with E-state index in [0.717, 1.165) is 11.1 Å². The second-order valence-corrected chi connectivity index (χ2v) is 8.78. The van der Waals surface area contributed by atoms with Gasteiger partial charge in [-0.2, -0.15) is 0 Å². The largest absolute Gasteiger partial charge is 0.348 e. The van der Waals surface area contributed by atoms with Gasteiger partial charge in [0.2, 0.25) is 5.91 Å². The molecule has 1 aliphatic heterocycles. The average molecular weight is 474 g/mol. The average Bonchev–Trinajstić information content (AvgIpc) is 2.88. The molecule has 0 radical (unpaired) electrons. The summed E-state index contributed by atoms with van der Waals surface area (Å²) in [6.45, 7) is 3.27. The maximum absolute atomic E-state index is 13.1. The van der Waals surface area contributed by atoms with Gasteiger partial charge in [-0.25, -0.2) is 4.39 Å². The van der Waals surface area contributed by atoms with Crippen LogP contribution in [0.25, 0.3) is 0 Å². The van der Waals surface area contributed by atoms with Crippen LogP contribution < -0.4 is 10.6 Å². The van der Waals surface area contributed by atoms with Crippen LogP contribution in [0.3, 0.4) is 0 Å². The SMILES string of the molecule is Cc1ccc(CNC(=O)c2ccccc2NC(=O)C2CCN(C(=O)c3ccc(F)cc3)CC2)cc1. The van der Waals surface area contributed by atoms with Gasteiger partial charge in [0, 0.05) is 31.1 Å². The molecule has 0 unspecified atom stereocenters. The molecular formula is C28H28FN3O3. The van der Waals surface area contributed by atoms with E-state index in [0.29, 0.717) is 49.3 Å². The van der Waals surface area contributed by atoms with Gasteiger partial charge in [0.1, 0.15) is 5.82 Å². The number of carbonyl (C=O) groups excluding carboxylic acids is 3. The fraction of sp³-hybridized carbons (Fsp3) is 0.250. The molecule has 0 aromatic heterocycles. The molecule has 3 aromatic carbocycles. The van der Waals surface area contributed by atoms with Gasteiger partial charge in [-0.05, 0) is 61.7 Å². The van der Waals surface area contributed by atoms with Gasteiger partial charge in [-0.1, -0.05) is 42.0 Å². The predicted molar refractivity (Wildman–Crippen MR) is 132 cm³/mol. The molecule has 1 saturated heterocycles. The number of rotatable bonds is 6. The van der Waals surface area contributed by atoms with E-state index < -0.39 is 0 Å². The molecule has 1 aliphatic rings. The summed E-state index contributed by atoms with van der Waals surface area (Å²) in [5.74, 6) is -1.25. The maximum Gasteiger partial charge on any atom is 0.253 e. The number of anilines is 1. The van der Waals surface area contributed by atoms with Crippen molar-refractivity contribution in [3.8, 4) is 0 Å². The molecule has 35 heavy (non-hydrogen) atoms. The highest BCUT2D eigenvalue weighted by molar-refractivity contribution is 6.04. The number of para-hydroxylation sites is 1. The number of hydrogen-bond acceptors (Lipinski definition) is 3. The summed E-state index contributed by atoms with van der Waals surface area (Å²) in [5, 5.41) is 5.81. The molecule has 7 heteroatoms. The normalized spacial score (nSPS) is 13.8. The smallest absolute Gasteiger partial charge is 0.253 e. The van der Waals surface area contributed by atoms with Gasteiger partial charge < -0.3 is 15.5 Å². The van der Waals surface area contributed by atoms with Crippen LogP contribution in [0.15, 0.2) is 72.8 Å². The van der Waals surface area contributed by atoms with E-state index in [9.17, 15) is 18.8 Å². The maximum atomic E-state index is 13.1. The number of nitrogens with one attached hydrogen (secondary N) is 2. The fourth-order valence-corrected chi connectivity index (χ4v) is 4.13. The number of amides is 3. The van der Waals surface area contributed by atoms with E-state index in [1.807, 2.05) is 31.2 Å². The first-order chi connectivity index (χ1) is 16.9. The van der Waals surface area contributed by atoms with E-state index in [4.69, 9.17) is 0 Å². The standard InChI is InChI=1S/C28H28FN3O3/c1-19-6-8-20(9-7-19)18-30-27(34)24-4-2-3-5-25(24)31-26(33)21-14-16-32(17-15-21)28(35)22-10-12-23(29)13-11-22/h2-13,21H,14-18H2,1H3,(H,30,34)(H,31,33). The van der Waals surface area contributed by atoms with E-state index in [-0.39, 0.29) is 29.5 Å². The zero-order chi connectivity index (χ0) is 24.8. The zero-order valence-corrected chi connectivity index (χ0v) is 19.6. The summed E-state index contributed by atoms with van der Waals surface area (Å²) >= 11 is 0. The molecule has 3 amide bonds. The Labute approximate surface area is 204 Å². The van der Waals surface area contributed by atoms with Gasteiger partial charge in [0.15, 0.2) is 0 Å². The first kappa shape index (κ1) is 24.1. The molecule has 2 N–H and O–H groups in total. The zero-order valence-electron chi connectivity index (χ0n) is 19.6. The Bertz CT molecular complexity index is 1200. The van der Waals surface area contributed by atoms with Crippen LogP contribution in [0.2, 0.25) is 0 Å². The molecule has 0 spiro atoms. The minimum atomic E-state index is -0.388. The van der Waals surface area contributed by atoms with E-state index in [2.05, 4.69) is 10.6 Å². The molecule has 4 rings (SSSR count). The molecule has 6 nitrogen and oxygen atoms in total. The lowest BCUT2D eigenvalue weighted by Gasteiger charge is -2.31. The third-order valence-electron chi connectivity index (χ3n) is 6.25. The molecule has 1 fully saturated rings. The summed E-state index contributed by atoms with van der Waals surface area (Å²) < 4.78 is 13.1. The third kappa shape index (κ3) is 6.12. The summed E-state index contributed by atoms with van der Waals surface area (Å²) in [7, 11) is 0. The summed E-state index contributed by atoms with van der Waals surface area (Å²) in [6.07, 6.45) is 1.03. The molecule has 180 valence electrons. The Balaban J connectivity index is 1.33.